The molecule has 0 rings (SSSR count). The fourth-order valence-corrected chi connectivity index (χ4v) is 1.86. The van der Waals surface area contributed by atoms with Crippen LogP contribution in [0.3, 0.4) is 0 Å². The maximum atomic E-state index is 3.52. The van der Waals surface area contributed by atoms with Crippen molar-refractivity contribution < 1.29 is 0 Å². The van der Waals surface area contributed by atoms with E-state index in [0.717, 1.165) is 19.1 Å². The van der Waals surface area contributed by atoms with Crippen molar-refractivity contribution in [3.8, 4) is 0 Å². The SMILES string of the molecule is CCCNCC(CC)N(CC)CCC. The van der Waals surface area contributed by atoms with Crippen molar-refractivity contribution in [2.45, 2.75) is 53.0 Å². The molecule has 0 amide bonds. The monoisotopic (exact) mass is 200 g/mol. The summed E-state index contributed by atoms with van der Waals surface area (Å²) in [5.74, 6) is 0. The molecule has 1 atom stereocenters. The number of nitrogens with one attached hydrogen (secondary N) is 1. The summed E-state index contributed by atoms with van der Waals surface area (Å²) < 4.78 is 0. The molecule has 0 heterocycles. The molecule has 0 aliphatic carbocycles. The normalized spacial score (nSPS) is 13.5. The van der Waals surface area contributed by atoms with Crippen molar-refractivity contribution in [2.75, 3.05) is 26.2 Å². The Morgan fingerprint density at radius 3 is 2.21 bits per heavy atom. The van der Waals surface area contributed by atoms with Gasteiger partial charge in [-0.3, -0.25) is 4.90 Å². The standard InChI is InChI=1S/C12H28N2/c1-5-9-13-11-12(7-3)14(8-4)10-6-2/h12-13H,5-11H2,1-4H3. The Morgan fingerprint density at radius 2 is 1.79 bits per heavy atom. The second kappa shape index (κ2) is 9.47. The third-order valence-corrected chi connectivity index (χ3v) is 2.71. The zero-order valence-electron chi connectivity index (χ0n) is 10.5. The molecule has 0 aliphatic heterocycles. The third kappa shape index (κ3) is 5.61. The van der Waals surface area contributed by atoms with Gasteiger partial charge in [-0.15, -0.1) is 0 Å². The lowest BCUT2D eigenvalue weighted by atomic mass is 10.1. The van der Waals surface area contributed by atoms with Crippen molar-refractivity contribution in [3.05, 3.63) is 0 Å². The van der Waals surface area contributed by atoms with Crippen LogP contribution < -0.4 is 5.32 Å². The summed E-state index contributed by atoms with van der Waals surface area (Å²) in [4.78, 5) is 2.59. The second-order valence-electron chi connectivity index (χ2n) is 3.89. The summed E-state index contributed by atoms with van der Waals surface area (Å²) in [7, 11) is 0. The van der Waals surface area contributed by atoms with E-state index in [1.54, 1.807) is 0 Å². The molecule has 0 aromatic rings. The van der Waals surface area contributed by atoms with Crippen LogP contribution in [0.5, 0.6) is 0 Å². The first kappa shape index (κ1) is 13.9. The van der Waals surface area contributed by atoms with E-state index < -0.39 is 0 Å². The lowest BCUT2D eigenvalue weighted by Gasteiger charge is -2.29. The molecule has 1 N–H and O–H groups in total. The first-order valence-electron chi connectivity index (χ1n) is 6.24. The molecule has 0 aromatic heterocycles. The van der Waals surface area contributed by atoms with Crippen LogP contribution in [-0.4, -0.2) is 37.1 Å². The van der Waals surface area contributed by atoms with Crippen LogP contribution in [0.4, 0.5) is 0 Å². The molecule has 86 valence electrons. The quantitative estimate of drug-likeness (QED) is 0.575. The minimum Gasteiger partial charge on any atom is -0.315 e. The van der Waals surface area contributed by atoms with Gasteiger partial charge < -0.3 is 5.32 Å². The maximum absolute atomic E-state index is 3.52. The highest BCUT2D eigenvalue weighted by Gasteiger charge is 2.12. The van der Waals surface area contributed by atoms with Crippen LogP contribution in [0, 0.1) is 0 Å². The summed E-state index contributed by atoms with van der Waals surface area (Å²) in [6, 6.07) is 0.728. The van der Waals surface area contributed by atoms with E-state index in [2.05, 4.69) is 37.9 Å². The Hall–Kier alpha value is -0.0800. The van der Waals surface area contributed by atoms with E-state index in [1.165, 1.54) is 32.4 Å². The molecule has 0 saturated carbocycles. The highest BCUT2D eigenvalue weighted by atomic mass is 15.2. The van der Waals surface area contributed by atoms with Gasteiger partial charge in [-0.2, -0.15) is 0 Å². The van der Waals surface area contributed by atoms with Crippen molar-refractivity contribution in [2.24, 2.45) is 0 Å². The Balaban J connectivity index is 3.81. The van der Waals surface area contributed by atoms with Crippen LogP contribution in [0.25, 0.3) is 0 Å². The Labute approximate surface area is 90.1 Å². The fourth-order valence-electron chi connectivity index (χ4n) is 1.86. The summed E-state index contributed by atoms with van der Waals surface area (Å²) in [5.41, 5.74) is 0. The number of hydrogen-bond donors (Lipinski definition) is 1. The molecular formula is C12H28N2. The van der Waals surface area contributed by atoms with Gasteiger partial charge in [0.15, 0.2) is 0 Å². The molecule has 0 saturated heterocycles. The van der Waals surface area contributed by atoms with E-state index in [9.17, 15) is 0 Å². The van der Waals surface area contributed by atoms with Gasteiger partial charge in [-0.1, -0.05) is 27.7 Å². The third-order valence-electron chi connectivity index (χ3n) is 2.71. The topological polar surface area (TPSA) is 15.3 Å². The number of hydrogen-bond acceptors (Lipinski definition) is 2. The van der Waals surface area contributed by atoms with Gasteiger partial charge in [-0.05, 0) is 38.9 Å². The Kier molecular flexibility index (Phi) is 9.42. The van der Waals surface area contributed by atoms with Gasteiger partial charge in [-0.25, -0.2) is 0 Å². The van der Waals surface area contributed by atoms with Crippen molar-refractivity contribution in [1.29, 1.82) is 0 Å². The molecule has 0 aliphatic rings. The molecule has 1 unspecified atom stereocenters. The molecule has 2 heteroatoms. The van der Waals surface area contributed by atoms with Gasteiger partial charge in [0.05, 0.1) is 0 Å². The lowest BCUT2D eigenvalue weighted by Crippen LogP contribution is -2.42. The summed E-state index contributed by atoms with van der Waals surface area (Å²) in [6.45, 7) is 13.8. The van der Waals surface area contributed by atoms with Crippen LogP contribution in [0.15, 0.2) is 0 Å². The number of nitrogens with zero attached hydrogens (tertiary/aromatic N) is 1. The molecule has 2 nitrogen and oxygen atoms in total. The molecule has 0 spiro atoms. The molecule has 0 fully saturated rings. The van der Waals surface area contributed by atoms with Crippen molar-refractivity contribution in [1.82, 2.24) is 10.2 Å². The van der Waals surface area contributed by atoms with Gasteiger partial charge >= 0.3 is 0 Å². The van der Waals surface area contributed by atoms with E-state index in [0.29, 0.717) is 0 Å². The minimum absolute atomic E-state index is 0.728. The van der Waals surface area contributed by atoms with Gasteiger partial charge in [0.2, 0.25) is 0 Å². The first-order valence-corrected chi connectivity index (χ1v) is 6.24. The second-order valence-corrected chi connectivity index (χ2v) is 3.89. The summed E-state index contributed by atoms with van der Waals surface area (Å²) >= 11 is 0. The highest BCUT2D eigenvalue weighted by Crippen LogP contribution is 2.03. The van der Waals surface area contributed by atoms with Crippen LogP contribution in [-0.2, 0) is 0 Å². The predicted molar refractivity (Wildman–Crippen MR) is 64.8 cm³/mol. The van der Waals surface area contributed by atoms with Crippen LogP contribution in [0.2, 0.25) is 0 Å². The average Bonchev–Trinajstić information content (AvgIpc) is 2.22. The smallest absolute Gasteiger partial charge is 0.0217 e. The van der Waals surface area contributed by atoms with Gasteiger partial charge in [0, 0.05) is 12.6 Å². The minimum atomic E-state index is 0.728. The maximum Gasteiger partial charge on any atom is 0.0217 e. The highest BCUT2D eigenvalue weighted by molar-refractivity contribution is 4.71. The number of rotatable bonds is 9. The van der Waals surface area contributed by atoms with Crippen molar-refractivity contribution in [3.63, 3.8) is 0 Å². The van der Waals surface area contributed by atoms with E-state index in [1.807, 2.05) is 0 Å². The van der Waals surface area contributed by atoms with Gasteiger partial charge in [0.25, 0.3) is 0 Å². The zero-order valence-corrected chi connectivity index (χ0v) is 10.5. The molecular weight excluding hydrogens is 172 g/mol. The van der Waals surface area contributed by atoms with Gasteiger partial charge in [0.1, 0.15) is 0 Å². The van der Waals surface area contributed by atoms with E-state index in [4.69, 9.17) is 0 Å². The van der Waals surface area contributed by atoms with E-state index >= 15 is 0 Å². The lowest BCUT2D eigenvalue weighted by molar-refractivity contribution is 0.196. The molecule has 0 bridgehead atoms. The summed E-state index contributed by atoms with van der Waals surface area (Å²) in [5, 5.41) is 3.52. The molecule has 0 aromatic carbocycles. The molecule has 14 heavy (non-hydrogen) atoms. The fraction of sp³-hybridized carbons (Fsp3) is 1.00. The van der Waals surface area contributed by atoms with Crippen molar-refractivity contribution >= 4 is 0 Å². The number of likely N-dealkylation sites (N-methyl/N-ethyl adjacent to an activating group) is 1. The Bertz CT molecular complexity index is 115. The largest absolute Gasteiger partial charge is 0.315 e. The molecule has 0 radical (unpaired) electrons. The average molecular weight is 200 g/mol. The first-order chi connectivity index (χ1) is 6.79. The van der Waals surface area contributed by atoms with Crippen LogP contribution in [0.1, 0.15) is 47.0 Å². The zero-order chi connectivity index (χ0) is 10.8. The predicted octanol–water partition coefficient (Wildman–Crippen LogP) is 2.50. The van der Waals surface area contributed by atoms with Crippen LogP contribution >= 0.6 is 0 Å². The van der Waals surface area contributed by atoms with E-state index in [-0.39, 0.29) is 0 Å². The Morgan fingerprint density at radius 1 is 1.07 bits per heavy atom. The summed E-state index contributed by atoms with van der Waals surface area (Å²) in [6.07, 6.45) is 3.75.